The van der Waals surface area contributed by atoms with Gasteiger partial charge in [0.25, 0.3) is 5.91 Å². The van der Waals surface area contributed by atoms with E-state index in [-0.39, 0.29) is 18.3 Å². The molecule has 1 aliphatic rings. The van der Waals surface area contributed by atoms with E-state index in [9.17, 15) is 13.6 Å². The molecule has 1 amide bonds. The predicted molar refractivity (Wildman–Crippen MR) is 99.3 cm³/mol. The minimum atomic E-state index is -3.40. The second kappa shape index (κ2) is 8.03. The van der Waals surface area contributed by atoms with Gasteiger partial charge in [-0.2, -0.15) is 13.8 Å². The van der Waals surface area contributed by atoms with Crippen LogP contribution in [0.4, 0.5) is 26.4 Å². The number of carbonyl (C=O) groups is 1. The Hall–Kier alpha value is -3.50. The molecule has 3 rings (SSSR count). The van der Waals surface area contributed by atoms with Crippen LogP contribution in [-0.2, 0) is 4.79 Å². The molecule has 1 unspecified atom stereocenters. The maximum absolute atomic E-state index is 13.5. The molecule has 0 fully saturated rings. The van der Waals surface area contributed by atoms with Gasteiger partial charge in [0, 0.05) is 24.7 Å². The van der Waals surface area contributed by atoms with Crippen molar-refractivity contribution in [3.63, 3.8) is 0 Å². The molecule has 0 bridgehead atoms. The number of amides is 1. The molecule has 2 aromatic rings. The first kappa shape index (κ1) is 19.3. The maximum Gasteiger partial charge on any atom is 0.328 e. The normalized spacial score (nSPS) is 16.9. The van der Waals surface area contributed by atoms with Gasteiger partial charge in [0.15, 0.2) is 0 Å². The van der Waals surface area contributed by atoms with Gasteiger partial charge in [-0.3, -0.25) is 14.8 Å². The van der Waals surface area contributed by atoms with Gasteiger partial charge in [0.05, 0.1) is 11.9 Å². The van der Waals surface area contributed by atoms with Crippen LogP contribution in [-0.4, -0.2) is 44.6 Å². The van der Waals surface area contributed by atoms with Crippen LogP contribution >= 0.6 is 0 Å². The minimum absolute atomic E-state index is 0.147. The van der Waals surface area contributed by atoms with Gasteiger partial charge in [-0.25, -0.2) is 9.97 Å². The molecule has 0 saturated heterocycles. The van der Waals surface area contributed by atoms with Gasteiger partial charge in [0.2, 0.25) is 11.9 Å². The van der Waals surface area contributed by atoms with E-state index in [0.29, 0.717) is 17.0 Å². The summed E-state index contributed by atoms with van der Waals surface area (Å²) >= 11 is 0. The van der Waals surface area contributed by atoms with Crippen LogP contribution in [0.1, 0.15) is 19.8 Å². The summed E-state index contributed by atoms with van der Waals surface area (Å²) in [6.07, 6.45) is 3.45. The van der Waals surface area contributed by atoms with Crippen molar-refractivity contribution in [1.29, 1.82) is 0 Å². The molecule has 0 aliphatic carbocycles. The van der Waals surface area contributed by atoms with Gasteiger partial charge >= 0.3 is 5.92 Å². The standard InChI is InChI=1S/C17H18F2N8O/c1-10-7-17(18,19)14(28)25-12(10)6-13(20-2)26-16-23-9-22-15(27-16)24-11-4-3-5-21-8-11/h3-5,8-9,13H,2,6-7H2,1H3,(H,25,28)(H2,22,23,24,26,27). The number of pyridine rings is 1. The van der Waals surface area contributed by atoms with Crippen LogP contribution in [0.2, 0.25) is 0 Å². The molecule has 9 nitrogen and oxygen atoms in total. The molecule has 3 heterocycles. The summed E-state index contributed by atoms with van der Waals surface area (Å²) in [5.41, 5.74) is 1.46. The van der Waals surface area contributed by atoms with E-state index in [4.69, 9.17) is 0 Å². The zero-order valence-electron chi connectivity index (χ0n) is 15.0. The van der Waals surface area contributed by atoms with Crippen LogP contribution in [0, 0.1) is 0 Å². The topological polar surface area (TPSA) is 117 Å². The van der Waals surface area contributed by atoms with Crippen molar-refractivity contribution in [3.8, 4) is 0 Å². The molecule has 1 aliphatic heterocycles. The van der Waals surface area contributed by atoms with Crippen LogP contribution in [0.15, 0.2) is 47.1 Å². The number of aromatic nitrogens is 4. The number of halogens is 2. The highest BCUT2D eigenvalue weighted by Gasteiger charge is 2.43. The van der Waals surface area contributed by atoms with Crippen molar-refractivity contribution in [2.45, 2.75) is 31.9 Å². The number of aliphatic imine (C=N–C) groups is 1. The average Bonchev–Trinajstić information content (AvgIpc) is 2.66. The third kappa shape index (κ3) is 4.61. The number of rotatable bonds is 7. The molecule has 28 heavy (non-hydrogen) atoms. The fourth-order valence-corrected chi connectivity index (χ4v) is 2.58. The van der Waals surface area contributed by atoms with Gasteiger partial charge in [0.1, 0.15) is 12.5 Å². The van der Waals surface area contributed by atoms with Crippen LogP contribution in [0.5, 0.6) is 0 Å². The number of hydrogen-bond acceptors (Lipinski definition) is 8. The largest absolute Gasteiger partial charge is 0.332 e. The summed E-state index contributed by atoms with van der Waals surface area (Å²) < 4.78 is 27.0. The summed E-state index contributed by atoms with van der Waals surface area (Å²) in [4.78, 5) is 31.7. The van der Waals surface area contributed by atoms with Gasteiger partial charge in [-0.05, 0) is 31.3 Å². The Labute approximate surface area is 159 Å². The molecular weight excluding hydrogens is 370 g/mol. The highest BCUT2D eigenvalue weighted by atomic mass is 19.3. The van der Waals surface area contributed by atoms with E-state index >= 15 is 0 Å². The molecular formula is C17H18F2N8O. The Morgan fingerprint density at radius 1 is 1.39 bits per heavy atom. The predicted octanol–water partition coefficient (Wildman–Crippen LogP) is 2.27. The van der Waals surface area contributed by atoms with Crippen molar-refractivity contribution >= 4 is 30.2 Å². The first-order valence-corrected chi connectivity index (χ1v) is 8.34. The molecule has 0 radical (unpaired) electrons. The van der Waals surface area contributed by atoms with Crippen molar-refractivity contribution in [2.75, 3.05) is 10.6 Å². The number of allylic oxidation sites excluding steroid dienone is 1. The lowest BCUT2D eigenvalue weighted by Gasteiger charge is -2.27. The lowest BCUT2D eigenvalue weighted by molar-refractivity contribution is -0.145. The molecule has 3 N–H and O–H groups in total. The van der Waals surface area contributed by atoms with Crippen LogP contribution in [0.3, 0.4) is 0 Å². The summed E-state index contributed by atoms with van der Waals surface area (Å²) in [6.45, 7) is 5.04. The number of nitrogens with one attached hydrogen (secondary N) is 3. The summed E-state index contributed by atoms with van der Waals surface area (Å²) in [6, 6.07) is 3.56. The Kier molecular flexibility index (Phi) is 5.52. The van der Waals surface area contributed by atoms with Crippen LogP contribution in [0.25, 0.3) is 0 Å². The van der Waals surface area contributed by atoms with Gasteiger partial charge < -0.3 is 16.0 Å². The first-order chi connectivity index (χ1) is 13.4. The Morgan fingerprint density at radius 3 is 2.89 bits per heavy atom. The summed E-state index contributed by atoms with van der Waals surface area (Å²) in [7, 11) is 0. The lowest BCUT2D eigenvalue weighted by Crippen LogP contribution is -2.44. The number of nitrogens with zero attached hydrogens (tertiary/aromatic N) is 5. The highest BCUT2D eigenvalue weighted by Crippen LogP contribution is 2.30. The fourth-order valence-electron chi connectivity index (χ4n) is 2.58. The molecule has 11 heteroatoms. The van der Waals surface area contributed by atoms with Crippen molar-refractivity contribution in [3.05, 3.63) is 42.1 Å². The fraction of sp³-hybridized carbons (Fsp3) is 0.294. The smallest absolute Gasteiger partial charge is 0.328 e. The zero-order chi connectivity index (χ0) is 20.1. The molecule has 146 valence electrons. The second-order valence-corrected chi connectivity index (χ2v) is 6.14. The molecule has 1 atom stereocenters. The summed E-state index contributed by atoms with van der Waals surface area (Å²) in [5.74, 6) is -4.23. The van der Waals surface area contributed by atoms with Gasteiger partial charge in [-0.1, -0.05) is 0 Å². The molecule has 0 spiro atoms. The molecule has 2 aromatic heterocycles. The second-order valence-electron chi connectivity index (χ2n) is 6.14. The van der Waals surface area contributed by atoms with E-state index in [1.54, 1.807) is 31.5 Å². The molecule has 0 aromatic carbocycles. The monoisotopic (exact) mass is 388 g/mol. The third-order valence-corrected chi connectivity index (χ3v) is 4.00. The third-order valence-electron chi connectivity index (χ3n) is 4.00. The number of carbonyl (C=O) groups excluding carboxylic acids is 1. The summed E-state index contributed by atoms with van der Waals surface area (Å²) in [5, 5.41) is 8.16. The quantitative estimate of drug-likeness (QED) is 0.623. The maximum atomic E-state index is 13.5. The SMILES string of the molecule is C=NC(CC1=C(C)CC(F)(F)C(=O)N1)Nc1ncnc(Nc2cccnc2)n1. The number of anilines is 3. The van der Waals surface area contributed by atoms with Crippen molar-refractivity contribution in [1.82, 2.24) is 25.3 Å². The Balaban J connectivity index is 1.69. The van der Waals surface area contributed by atoms with Crippen molar-refractivity contribution < 1.29 is 13.6 Å². The van der Waals surface area contributed by atoms with Gasteiger partial charge in [-0.15, -0.1) is 0 Å². The van der Waals surface area contributed by atoms with E-state index in [1.807, 2.05) is 0 Å². The average molecular weight is 388 g/mol. The Morgan fingerprint density at radius 2 is 2.18 bits per heavy atom. The van der Waals surface area contributed by atoms with E-state index in [0.717, 1.165) is 0 Å². The van der Waals surface area contributed by atoms with Crippen LogP contribution < -0.4 is 16.0 Å². The zero-order valence-corrected chi connectivity index (χ0v) is 15.0. The van der Waals surface area contributed by atoms with E-state index in [2.05, 4.69) is 47.6 Å². The van der Waals surface area contributed by atoms with E-state index < -0.39 is 24.4 Å². The molecule has 0 saturated carbocycles. The van der Waals surface area contributed by atoms with E-state index in [1.165, 1.54) is 6.33 Å². The number of hydrogen-bond donors (Lipinski definition) is 3. The first-order valence-electron chi connectivity index (χ1n) is 8.34. The minimum Gasteiger partial charge on any atom is -0.332 e. The Bertz CT molecular complexity index is 903. The lowest BCUT2D eigenvalue weighted by atomic mass is 9.99. The highest BCUT2D eigenvalue weighted by molar-refractivity contribution is 5.86. The van der Waals surface area contributed by atoms with Crippen molar-refractivity contribution in [2.24, 2.45) is 4.99 Å². The number of alkyl halides is 2.